The molecule has 0 radical (unpaired) electrons. The molecule has 3 aliphatic rings. The van der Waals surface area contributed by atoms with Crippen LogP contribution in [0, 0.1) is 0 Å². The monoisotopic (exact) mass is 1350 g/mol. The number of carbonyl (C=O) groups excluding carboxylic acids is 2. The second-order valence-electron chi connectivity index (χ2n) is 22.5. The third-order valence-electron chi connectivity index (χ3n) is 14.4. The van der Waals surface area contributed by atoms with Crippen molar-refractivity contribution < 1.29 is 86.9 Å². The van der Waals surface area contributed by atoms with E-state index in [1.165, 1.54) is 0 Å². The number of benzene rings is 3. The zero-order valence-corrected chi connectivity index (χ0v) is 52.2. The molecule has 3 fully saturated rings. The van der Waals surface area contributed by atoms with Crippen LogP contribution in [0.1, 0.15) is 131 Å². The lowest BCUT2D eigenvalue weighted by molar-refractivity contribution is -0.138. The minimum Gasteiger partial charge on any atom is -0.478 e. The number of nitrogens with one attached hydrogen (secondary N) is 2. The van der Waals surface area contributed by atoms with Crippen molar-refractivity contribution in [2.45, 2.75) is 135 Å². The van der Waals surface area contributed by atoms with Gasteiger partial charge >= 0.3 is 45.6 Å². The molecule has 6 heterocycles. The van der Waals surface area contributed by atoms with Crippen LogP contribution in [-0.2, 0) is 46.5 Å². The molecule has 16 nitrogen and oxygen atoms in total. The third kappa shape index (κ3) is 19.5. The molecule has 3 saturated heterocycles. The van der Waals surface area contributed by atoms with Gasteiger partial charge in [0.25, 0.3) is 11.8 Å². The topological polar surface area (TPSA) is 216 Å². The Morgan fingerprint density at radius 2 is 0.736 bits per heavy atom. The summed E-state index contributed by atoms with van der Waals surface area (Å²) in [6.07, 6.45) is -10.3. The Bertz CT molecular complexity index is 3260. The smallest absolute Gasteiger partial charge is 0.478 e. The number of carboxylic acids is 1. The molecule has 0 bridgehead atoms. The number of hydrogen-bond acceptors (Lipinski definition) is 13. The average Bonchev–Trinajstić information content (AvgIpc) is 1.82. The fourth-order valence-electron chi connectivity index (χ4n) is 7.32. The Kier molecular flexibility index (Phi) is 22.6. The molecule has 0 aliphatic carbocycles. The summed E-state index contributed by atoms with van der Waals surface area (Å²) in [5.74, 6) is -2.42. The van der Waals surface area contributed by atoms with Crippen LogP contribution in [0.25, 0.3) is 0 Å². The van der Waals surface area contributed by atoms with Crippen LogP contribution in [-0.4, -0.2) is 92.6 Å². The summed E-state index contributed by atoms with van der Waals surface area (Å²) in [5, 5.41) is 13.2. The van der Waals surface area contributed by atoms with E-state index in [9.17, 15) is 53.9 Å². The van der Waals surface area contributed by atoms with Crippen molar-refractivity contribution in [2.24, 2.45) is 0 Å². The number of alkyl halides is 9. The first kappa shape index (κ1) is 71.4. The maximum absolute atomic E-state index is 12.8. The minimum atomic E-state index is -4.51. The fourth-order valence-corrected chi connectivity index (χ4v) is 7.84. The summed E-state index contributed by atoms with van der Waals surface area (Å²) in [6, 6.07) is 24.3. The summed E-state index contributed by atoms with van der Waals surface area (Å²) in [4.78, 5) is 45.3. The molecule has 466 valence electrons. The second kappa shape index (κ2) is 27.6. The average molecular weight is 1350 g/mol. The van der Waals surface area contributed by atoms with Crippen molar-refractivity contribution >= 4 is 93.7 Å². The van der Waals surface area contributed by atoms with Crippen molar-refractivity contribution in [2.75, 3.05) is 16.4 Å². The molecule has 87 heavy (non-hydrogen) atoms. The molecular formula is C57H62B3Br2F9N6O10. The maximum Gasteiger partial charge on any atom is 0.494 e. The van der Waals surface area contributed by atoms with Gasteiger partial charge in [0.05, 0.1) is 55.9 Å². The van der Waals surface area contributed by atoms with E-state index in [1.807, 2.05) is 83.1 Å². The standard InChI is InChI=1S/C19H20BF3N2O3.C13H8BrF3N2O.C12H24B2O4.C7H5BrO2.C6H5F3N2/c1-17(2)18(3,4)28-20(27-17)14-7-5-12(6-8-14)16(26)25-15-11-13(9-10-24-15)19(21,22)23;14-10-3-1-8(2-4-10)12(20)19-11-7-9(5-6-18-11)13(15,16)17;1-9(2)10(3,4)16-13(15-9)14-17-11(5,6)12(7,8)18-14;8-6-3-1-5(2-4-6)7(9)10;7-6(8,9)4-1-2-11-5(10)3-4/h5-11H,1-4H3,(H,24,25,26);1-7H,(H,18,19,20);1-8H3;1-4H,(H,9,10);1-3H,(H2,10,11). The molecule has 0 spiro atoms. The lowest BCUT2D eigenvalue weighted by atomic mass is 9.49. The summed E-state index contributed by atoms with van der Waals surface area (Å²) in [7, 11) is -1.51. The number of pyridine rings is 3. The normalized spacial score (nSPS) is 17.6. The van der Waals surface area contributed by atoms with Crippen molar-refractivity contribution in [3.05, 3.63) is 170 Å². The predicted molar refractivity (Wildman–Crippen MR) is 318 cm³/mol. The number of aromatic carboxylic acids is 1. The van der Waals surface area contributed by atoms with Crippen molar-refractivity contribution in [1.29, 1.82) is 0 Å². The molecule has 6 aromatic rings. The number of halogens is 11. The van der Waals surface area contributed by atoms with Crippen molar-refractivity contribution in [3.8, 4) is 0 Å². The second-order valence-corrected chi connectivity index (χ2v) is 24.3. The number of nitrogens with two attached hydrogens (primary N) is 1. The van der Waals surface area contributed by atoms with E-state index in [4.69, 9.17) is 38.8 Å². The number of nitrogens with zero attached hydrogens (tertiary/aromatic N) is 3. The number of nitrogen functional groups attached to an aromatic ring is 1. The molecule has 3 aromatic heterocycles. The molecule has 0 saturated carbocycles. The predicted octanol–water partition coefficient (Wildman–Crippen LogP) is 13.8. The van der Waals surface area contributed by atoms with Gasteiger partial charge in [-0.05, 0) is 186 Å². The fraction of sp³-hybridized carbons (Fsp3) is 0.368. The van der Waals surface area contributed by atoms with E-state index in [0.717, 1.165) is 69.4 Å². The van der Waals surface area contributed by atoms with Crippen molar-refractivity contribution in [3.63, 3.8) is 0 Å². The number of rotatable bonds is 7. The highest BCUT2D eigenvalue weighted by Gasteiger charge is 2.64. The Morgan fingerprint density at radius 1 is 0.448 bits per heavy atom. The lowest BCUT2D eigenvalue weighted by Gasteiger charge is -2.32. The van der Waals surface area contributed by atoms with Crippen LogP contribution in [0.15, 0.2) is 137 Å². The van der Waals surface area contributed by atoms with Crippen LogP contribution >= 0.6 is 31.9 Å². The van der Waals surface area contributed by atoms with E-state index >= 15 is 0 Å². The van der Waals surface area contributed by atoms with Crippen molar-refractivity contribution in [1.82, 2.24) is 15.0 Å². The van der Waals surface area contributed by atoms with Gasteiger partial charge in [0.2, 0.25) is 0 Å². The zero-order chi connectivity index (χ0) is 65.5. The Morgan fingerprint density at radius 3 is 1.03 bits per heavy atom. The van der Waals surface area contributed by atoms with Gasteiger partial charge in [0.15, 0.2) is 0 Å². The summed E-state index contributed by atoms with van der Waals surface area (Å²) < 4.78 is 149. The summed E-state index contributed by atoms with van der Waals surface area (Å²) >= 11 is 6.43. The maximum atomic E-state index is 12.8. The molecule has 2 amide bonds. The van der Waals surface area contributed by atoms with Gasteiger partial charge in [-0.3, -0.25) is 9.59 Å². The van der Waals surface area contributed by atoms with Crippen LogP contribution in [0.3, 0.4) is 0 Å². The van der Waals surface area contributed by atoms with Gasteiger partial charge in [-0.15, -0.1) is 0 Å². The van der Waals surface area contributed by atoms with E-state index in [-0.39, 0.29) is 45.4 Å². The summed E-state index contributed by atoms with van der Waals surface area (Å²) in [6.45, 7) is 24.0. The Labute approximate surface area is 514 Å². The van der Waals surface area contributed by atoms with Crippen LogP contribution in [0.2, 0.25) is 0 Å². The minimum absolute atomic E-state index is 0.125. The molecule has 5 N–H and O–H groups in total. The molecule has 3 aliphatic heterocycles. The Hall–Kier alpha value is -6.40. The highest BCUT2D eigenvalue weighted by molar-refractivity contribution is 9.10. The molecule has 30 heteroatoms. The highest BCUT2D eigenvalue weighted by Crippen LogP contribution is 2.43. The van der Waals surface area contributed by atoms with Gasteiger partial charge in [0, 0.05) is 38.7 Å². The van der Waals surface area contributed by atoms with Gasteiger partial charge in [-0.1, -0.05) is 44.0 Å². The number of hydrogen-bond donors (Lipinski definition) is 4. The number of amides is 2. The first-order chi connectivity index (χ1) is 39.8. The third-order valence-corrected chi connectivity index (χ3v) is 15.5. The zero-order valence-electron chi connectivity index (χ0n) is 49.1. The number of carboxylic acid groups (broad SMARTS) is 1. The molecule has 0 unspecified atom stereocenters. The lowest BCUT2D eigenvalue weighted by Crippen LogP contribution is -2.41. The molecule has 0 atom stereocenters. The SMILES string of the molecule is CC1(C)OB(B2OC(C)(C)C(C)(C)O2)OC1(C)C.CC1(C)OB(c2ccc(C(=O)Nc3cc(C(F)(F)F)ccn3)cc2)OC1(C)C.Nc1cc(C(F)(F)F)ccn1.O=C(Nc1cc(C(F)(F)F)ccn1)c1ccc(Br)cc1.O=C(O)c1ccc(Br)cc1. The quantitative estimate of drug-likeness (QED) is 0.0864. The van der Waals surface area contributed by atoms with Gasteiger partial charge < -0.3 is 49.4 Å². The van der Waals surface area contributed by atoms with E-state index < -0.39 is 85.3 Å². The molecule has 3 aromatic carbocycles. The van der Waals surface area contributed by atoms with Gasteiger partial charge in [-0.25, -0.2) is 19.7 Å². The van der Waals surface area contributed by atoms with E-state index in [0.29, 0.717) is 11.1 Å². The van der Waals surface area contributed by atoms with E-state index in [1.54, 1.807) is 72.8 Å². The van der Waals surface area contributed by atoms with Gasteiger partial charge in [0.1, 0.15) is 17.5 Å². The number of aromatic nitrogens is 3. The van der Waals surface area contributed by atoms with Gasteiger partial charge in [-0.2, -0.15) is 39.5 Å². The molecular weight excluding hydrogens is 1290 g/mol. The first-order valence-electron chi connectivity index (χ1n) is 26.2. The largest absolute Gasteiger partial charge is 0.494 e. The van der Waals surface area contributed by atoms with Crippen LogP contribution < -0.4 is 21.8 Å². The first-order valence-corrected chi connectivity index (χ1v) is 27.8. The van der Waals surface area contributed by atoms with E-state index in [2.05, 4.69) is 57.4 Å². The summed E-state index contributed by atoms with van der Waals surface area (Å²) in [5.41, 5.74) is 1.78. The Balaban J connectivity index is 0.000000208. The number of anilines is 3. The van der Waals surface area contributed by atoms with Crippen LogP contribution in [0.4, 0.5) is 57.0 Å². The molecule has 9 rings (SSSR count). The van der Waals surface area contributed by atoms with Crippen LogP contribution in [0.5, 0.6) is 0 Å². The highest BCUT2D eigenvalue weighted by atomic mass is 79.9. The number of carbonyl (C=O) groups is 3.